The highest BCUT2D eigenvalue weighted by Crippen LogP contribution is 2.20. The van der Waals surface area contributed by atoms with Gasteiger partial charge >= 0.3 is 0 Å². The molecule has 1 unspecified atom stereocenters. The molecule has 9 heteroatoms. The number of aryl methyl sites for hydroxylation is 1. The molecule has 3 rings (SSSR count). The van der Waals surface area contributed by atoms with Gasteiger partial charge in [0, 0.05) is 30.8 Å². The predicted octanol–water partition coefficient (Wildman–Crippen LogP) is 1.83. The first-order chi connectivity index (χ1) is 13.5. The Morgan fingerprint density at radius 1 is 1.11 bits per heavy atom. The highest BCUT2D eigenvalue weighted by atomic mass is 16.3. The summed E-state index contributed by atoms with van der Waals surface area (Å²) in [5.74, 6) is -0.662. The summed E-state index contributed by atoms with van der Waals surface area (Å²) in [5.41, 5.74) is 2.93. The second-order valence-corrected chi connectivity index (χ2v) is 6.07. The van der Waals surface area contributed by atoms with Gasteiger partial charge in [0.2, 0.25) is 0 Å². The Balaban J connectivity index is 1.65. The van der Waals surface area contributed by atoms with Crippen molar-refractivity contribution in [1.82, 2.24) is 20.3 Å². The van der Waals surface area contributed by atoms with E-state index in [1.165, 1.54) is 19.6 Å². The standard InChI is InChI=1S/C19H20N6O3/c1-11-7-12(9-21-8-11)17(26)24-13-3-5-14(6-4-13)25-19(28)16-15(18(27)20-2)22-10-23-16/h3-10,19,25,28H,1-2H3,(H,20,27)(H,22,23)(H,24,26). The highest BCUT2D eigenvalue weighted by Gasteiger charge is 2.19. The van der Waals surface area contributed by atoms with E-state index in [4.69, 9.17) is 0 Å². The third-order valence-corrected chi connectivity index (χ3v) is 3.97. The second-order valence-electron chi connectivity index (χ2n) is 6.07. The van der Waals surface area contributed by atoms with Crippen molar-refractivity contribution >= 4 is 23.2 Å². The van der Waals surface area contributed by atoms with Crippen LogP contribution < -0.4 is 16.0 Å². The van der Waals surface area contributed by atoms with Crippen LogP contribution in [0.5, 0.6) is 0 Å². The molecule has 0 fully saturated rings. The number of aromatic amines is 1. The van der Waals surface area contributed by atoms with E-state index in [0.717, 1.165) is 5.56 Å². The van der Waals surface area contributed by atoms with Gasteiger partial charge in [-0.25, -0.2) is 4.98 Å². The average molecular weight is 380 g/mol. The number of carbonyl (C=O) groups excluding carboxylic acids is 2. The number of imidazole rings is 1. The van der Waals surface area contributed by atoms with E-state index >= 15 is 0 Å². The number of hydrogen-bond acceptors (Lipinski definition) is 6. The first-order valence-corrected chi connectivity index (χ1v) is 8.51. The van der Waals surface area contributed by atoms with Gasteiger partial charge in [-0.15, -0.1) is 0 Å². The molecule has 2 heterocycles. The van der Waals surface area contributed by atoms with Crippen LogP contribution in [-0.4, -0.2) is 38.9 Å². The van der Waals surface area contributed by atoms with Gasteiger partial charge in [-0.3, -0.25) is 14.6 Å². The zero-order valence-corrected chi connectivity index (χ0v) is 15.4. The molecular weight excluding hydrogens is 360 g/mol. The fourth-order valence-electron chi connectivity index (χ4n) is 2.57. The topological polar surface area (TPSA) is 132 Å². The van der Waals surface area contributed by atoms with Gasteiger partial charge in [-0.1, -0.05) is 0 Å². The van der Waals surface area contributed by atoms with Crippen molar-refractivity contribution in [2.75, 3.05) is 17.7 Å². The Morgan fingerprint density at radius 2 is 1.82 bits per heavy atom. The van der Waals surface area contributed by atoms with Crippen molar-refractivity contribution in [2.45, 2.75) is 13.2 Å². The summed E-state index contributed by atoms with van der Waals surface area (Å²) in [4.78, 5) is 34.7. The van der Waals surface area contributed by atoms with E-state index < -0.39 is 12.1 Å². The molecule has 0 spiro atoms. The average Bonchev–Trinajstić information content (AvgIpc) is 3.19. The number of amides is 2. The number of carbonyl (C=O) groups is 2. The smallest absolute Gasteiger partial charge is 0.271 e. The first kappa shape index (κ1) is 19.1. The van der Waals surface area contributed by atoms with Gasteiger partial charge in [-0.05, 0) is 42.8 Å². The van der Waals surface area contributed by atoms with Gasteiger partial charge in [0.25, 0.3) is 11.8 Å². The maximum atomic E-state index is 12.3. The number of nitrogens with one attached hydrogen (secondary N) is 4. The van der Waals surface area contributed by atoms with Crippen molar-refractivity contribution in [1.29, 1.82) is 0 Å². The number of rotatable bonds is 6. The molecule has 0 aliphatic heterocycles. The summed E-state index contributed by atoms with van der Waals surface area (Å²) in [5, 5.41) is 18.5. The van der Waals surface area contributed by atoms with Crippen molar-refractivity contribution < 1.29 is 14.7 Å². The van der Waals surface area contributed by atoms with Gasteiger partial charge in [0.15, 0.2) is 11.9 Å². The van der Waals surface area contributed by atoms with E-state index in [9.17, 15) is 14.7 Å². The number of anilines is 2. The molecule has 28 heavy (non-hydrogen) atoms. The number of H-pyrrole nitrogens is 1. The molecule has 0 saturated carbocycles. The quantitative estimate of drug-likeness (QED) is 0.415. The lowest BCUT2D eigenvalue weighted by molar-refractivity contribution is 0.0951. The molecule has 2 aromatic heterocycles. The number of pyridine rings is 1. The van der Waals surface area contributed by atoms with E-state index in [0.29, 0.717) is 16.9 Å². The minimum atomic E-state index is -1.16. The monoisotopic (exact) mass is 380 g/mol. The Hall–Kier alpha value is -3.72. The molecule has 0 bridgehead atoms. The second kappa shape index (κ2) is 8.31. The number of aliphatic hydroxyl groups is 1. The number of benzene rings is 1. The Morgan fingerprint density at radius 3 is 2.50 bits per heavy atom. The maximum absolute atomic E-state index is 12.3. The van der Waals surface area contributed by atoms with Crippen LogP contribution in [0.25, 0.3) is 0 Å². The van der Waals surface area contributed by atoms with Crippen molar-refractivity contribution in [3.8, 4) is 0 Å². The summed E-state index contributed by atoms with van der Waals surface area (Å²) in [6, 6.07) is 8.54. The summed E-state index contributed by atoms with van der Waals surface area (Å²) in [6.07, 6.45) is 3.36. The fourth-order valence-corrected chi connectivity index (χ4v) is 2.57. The van der Waals surface area contributed by atoms with Crippen LogP contribution in [0.3, 0.4) is 0 Å². The van der Waals surface area contributed by atoms with Crippen LogP contribution in [0.15, 0.2) is 49.1 Å². The number of hydrogen-bond donors (Lipinski definition) is 5. The lowest BCUT2D eigenvalue weighted by atomic mass is 10.2. The molecule has 144 valence electrons. The van der Waals surface area contributed by atoms with Gasteiger partial charge in [0.05, 0.1) is 17.6 Å². The van der Waals surface area contributed by atoms with E-state index in [1.807, 2.05) is 6.92 Å². The van der Waals surface area contributed by atoms with Crippen LogP contribution in [-0.2, 0) is 0 Å². The van der Waals surface area contributed by atoms with E-state index in [-0.39, 0.29) is 17.3 Å². The normalized spacial score (nSPS) is 11.5. The molecule has 0 aliphatic rings. The van der Waals surface area contributed by atoms with Crippen LogP contribution in [0.2, 0.25) is 0 Å². The summed E-state index contributed by atoms with van der Waals surface area (Å²) in [6.45, 7) is 1.87. The van der Waals surface area contributed by atoms with E-state index in [2.05, 4.69) is 30.9 Å². The van der Waals surface area contributed by atoms with Crippen LogP contribution >= 0.6 is 0 Å². The van der Waals surface area contributed by atoms with Gasteiger partial charge < -0.3 is 26.0 Å². The third kappa shape index (κ3) is 4.33. The summed E-state index contributed by atoms with van der Waals surface area (Å²) in [7, 11) is 1.49. The molecule has 1 aromatic carbocycles. The number of nitrogens with zero attached hydrogens (tertiary/aromatic N) is 2. The SMILES string of the molecule is CNC(=O)c1nc[nH]c1C(O)Nc1ccc(NC(=O)c2cncc(C)c2)cc1. The summed E-state index contributed by atoms with van der Waals surface area (Å²) >= 11 is 0. The maximum Gasteiger partial charge on any atom is 0.271 e. The molecule has 0 saturated heterocycles. The van der Waals surface area contributed by atoms with E-state index in [1.54, 1.807) is 36.5 Å². The Labute approximate surface area is 161 Å². The predicted molar refractivity (Wildman–Crippen MR) is 104 cm³/mol. The zero-order valence-electron chi connectivity index (χ0n) is 15.4. The molecular formula is C19H20N6O3. The Bertz CT molecular complexity index is 983. The fraction of sp³-hybridized carbons (Fsp3) is 0.158. The first-order valence-electron chi connectivity index (χ1n) is 8.51. The molecule has 1 atom stereocenters. The van der Waals surface area contributed by atoms with Gasteiger partial charge in [-0.2, -0.15) is 0 Å². The Kier molecular flexibility index (Phi) is 5.66. The largest absolute Gasteiger partial charge is 0.368 e. The number of aromatic nitrogens is 3. The molecule has 3 aromatic rings. The molecule has 9 nitrogen and oxygen atoms in total. The number of aliphatic hydroxyl groups excluding tert-OH is 1. The lowest BCUT2D eigenvalue weighted by Gasteiger charge is -2.14. The van der Waals surface area contributed by atoms with Crippen LogP contribution in [0.4, 0.5) is 11.4 Å². The van der Waals surface area contributed by atoms with Crippen molar-refractivity contribution in [2.24, 2.45) is 0 Å². The summed E-state index contributed by atoms with van der Waals surface area (Å²) < 4.78 is 0. The highest BCUT2D eigenvalue weighted by molar-refractivity contribution is 6.04. The minimum Gasteiger partial charge on any atom is -0.368 e. The molecule has 0 radical (unpaired) electrons. The van der Waals surface area contributed by atoms with Crippen LogP contribution in [0.1, 0.15) is 38.3 Å². The van der Waals surface area contributed by atoms with Crippen molar-refractivity contribution in [3.63, 3.8) is 0 Å². The molecule has 0 aliphatic carbocycles. The zero-order chi connectivity index (χ0) is 20.1. The third-order valence-electron chi connectivity index (χ3n) is 3.97. The van der Waals surface area contributed by atoms with Gasteiger partial charge in [0.1, 0.15) is 0 Å². The molecule has 5 N–H and O–H groups in total. The minimum absolute atomic E-state index is 0.109. The molecule has 2 amide bonds. The van der Waals surface area contributed by atoms with Crippen LogP contribution in [0, 0.1) is 6.92 Å². The van der Waals surface area contributed by atoms with Crippen molar-refractivity contribution in [3.05, 3.63) is 71.6 Å². The lowest BCUT2D eigenvalue weighted by Crippen LogP contribution is -2.22.